The van der Waals surface area contributed by atoms with Gasteiger partial charge in [-0.25, -0.2) is 4.98 Å². The van der Waals surface area contributed by atoms with Crippen LogP contribution in [0.3, 0.4) is 0 Å². The van der Waals surface area contributed by atoms with Crippen molar-refractivity contribution in [2.24, 2.45) is 0 Å². The first-order chi connectivity index (χ1) is 5.29. The lowest BCUT2D eigenvalue weighted by Crippen LogP contribution is -1.99. The molecule has 0 aromatic carbocycles. The lowest BCUT2D eigenvalue weighted by atomic mass is 10.3. The quantitative estimate of drug-likeness (QED) is 0.672. The highest BCUT2D eigenvalue weighted by atomic mass is 16.4. The second-order valence-electron chi connectivity index (χ2n) is 1.65. The third-order valence-electron chi connectivity index (χ3n) is 0.897. The molecule has 0 aliphatic heterocycles. The van der Waals surface area contributed by atoms with E-state index in [1.165, 1.54) is 12.5 Å². The number of carboxylic acids is 1. The highest BCUT2D eigenvalue weighted by Crippen LogP contribution is 1.90. The van der Waals surface area contributed by atoms with Gasteiger partial charge in [-0.2, -0.15) is 0 Å². The third kappa shape index (κ3) is 4.13. The average Bonchev–Trinajstić information content (AvgIpc) is 2.43. The normalized spacial score (nSPS) is 8.18. The topological polar surface area (TPSA) is 66.0 Å². The van der Waals surface area contributed by atoms with Gasteiger partial charge in [-0.3, -0.25) is 4.79 Å². The number of aromatic nitrogens is 2. The van der Waals surface area contributed by atoms with E-state index in [1.54, 1.807) is 0 Å². The number of nitrogens with zero attached hydrogens (tertiary/aromatic N) is 1. The molecular weight excluding hydrogens is 144 g/mol. The Balaban J connectivity index is 0.000000461. The van der Waals surface area contributed by atoms with Crippen molar-refractivity contribution >= 4 is 5.97 Å². The fraction of sp³-hybridized carbons (Fsp3) is 0.429. The van der Waals surface area contributed by atoms with Crippen LogP contribution in [0.2, 0.25) is 0 Å². The Morgan fingerprint density at radius 3 is 2.73 bits per heavy atom. The van der Waals surface area contributed by atoms with E-state index in [0.29, 0.717) is 5.69 Å². The number of hydrogen-bond donors (Lipinski definition) is 2. The molecule has 0 fully saturated rings. The van der Waals surface area contributed by atoms with E-state index >= 15 is 0 Å². The van der Waals surface area contributed by atoms with E-state index in [-0.39, 0.29) is 6.42 Å². The van der Waals surface area contributed by atoms with Crippen molar-refractivity contribution in [1.82, 2.24) is 9.97 Å². The van der Waals surface area contributed by atoms with Gasteiger partial charge in [0.15, 0.2) is 0 Å². The molecule has 62 valence electrons. The molecule has 1 aromatic rings. The Kier molecular flexibility index (Phi) is 4.81. The lowest BCUT2D eigenvalue weighted by molar-refractivity contribution is -0.136. The van der Waals surface area contributed by atoms with Crippen LogP contribution in [0.5, 0.6) is 0 Å². The van der Waals surface area contributed by atoms with Gasteiger partial charge in [0.1, 0.15) is 0 Å². The molecule has 0 spiro atoms. The molecule has 4 heteroatoms. The summed E-state index contributed by atoms with van der Waals surface area (Å²) in [4.78, 5) is 16.4. The minimum absolute atomic E-state index is 0.0139. The lowest BCUT2D eigenvalue weighted by Gasteiger charge is -1.85. The molecule has 1 rings (SSSR count). The van der Waals surface area contributed by atoms with E-state index < -0.39 is 5.97 Å². The van der Waals surface area contributed by atoms with Gasteiger partial charge in [-0.15, -0.1) is 0 Å². The van der Waals surface area contributed by atoms with E-state index in [0.717, 1.165) is 0 Å². The molecule has 0 amide bonds. The largest absolute Gasteiger partial charge is 0.481 e. The Bertz CT molecular complexity index is 194. The molecule has 0 saturated carbocycles. The minimum atomic E-state index is -0.848. The van der Waals surface area contributed by atoms with Gasteiger partial charge in [0.2, 0.25) is 0 Å². The van der Waals surface area contributed by atoms with Crippen molar-refractivity contribution in [3.63, 3.8) is 0 Å². The van der Waals surface area contributed by atoms with Gasteiger partial charge in [-0.05, 0) is 0 Å². The fourth-order valence-electron chi connectivity index (χ4n) is 0.544. The SMILES string of the molecule is CC.O=C(O)Cc1cnc[nH]1. The zero-order valence-corrected chi connectivity index (χ0v) is 6.66. The number of carboxylic acid groups (broad SMARTS) is 1. The first kappa shape index (κ1) is 9.68. The molecular formula is C7H12N2O2. The smallest absolute Gasteiger partial charge is 0.309 e. The summed E-state index contributed by atoms with van der Waals surface area (Å²) in [6.07, 6.45) is 2.96. The highest BCUT2D eigenvalue weighted by molar-refractivity contribution is 5.69. The number of H-pyrrole nitrogens is 1. The predicted octanol–water partition coefficient (Wildman–Crippen LogP) is 1.06. The Hall–Kier alpha value is -1.32. The molecule has 0 atom stereocenters. The van der Waals surface area contributed by atoms with Gasteiger partial charge in [0, 0.05) is 11.9 Å². The molecule has 1 heterocycles. The predicted molar refractivity (Wildman–Crippen MR) is 41.3 cm³/mol. The third-order valence-corrected chi connectivity index (χ3v) is 0.897. The zero-order chi connectivity index (χ0) is 8.69. The van der Waals surface area contributed by atoms with Crippen LogP contribution in [0.25, 0.3) is 0 Å². The van der Waals surface area contributed by atoms with Gasteiger partial charge >= 0.3 is 5.97 Å². The maximum absolute atomic E-state index is 10.0. The molecule has 0 saturated heterocycles. The summed E-state index contributed by atoms with van der Waals surface area (Å²) in [5, 5.41) is 8.24. The molecule has 2 N–H and O–H groups in total. The Labute approximate surface area is 65.3 Å². The summed E-state index contributed by atoms with van der Waals surface area (Å²) in [5.74, 6) is -0.848. The van der Waals surface area contributed by atoms with Crippen LogP contribution in [0.4, 0.5) is 0 Å². The summed E-state index contributed by atoms with van der Waals surface area (Å²) >= 11 is 0. The van der Waals surface area contributed by atoms with Crippen LogP contribution in [0.1, 0.15) is 19.5 Å². The van der Waals surface area contributed by atoms with Crippen molar-refractivity contribution in [1.29, 1.82) is 0 Å². The van der Waals surface area contributed by atoms with Gasteiger partial charge < -0.3 is 10.1 Å². The molecule has 0 radical (unpaired) electrons. The summed E-state index contributed by atoms with van der Waals surface area (Å²) in [6.45, 7) is 4.00. The molecule has 0 aliphatic rings. The number of carbonyl (C=O) groups is 1. The number of nitrogens with one attached hydrogen (secondary N) is 1. The first-order valence-corrected chi connectivity index (χ1v) is 3.48. The van der Waals surface area contributed by atoms with Crippen molar-refractivity contribution in [3.8, 4) is 0 Å². The molecule has 11 heavy (non-hydrogen) atoms. The van der Waals surface area contributed by atoms with Crippen molar-refractivity contribution in [2.75, 3.05) is 0 Å². The molecule has 1 aromatic heterocycles. The Morgan fingerprint density at radius 1 is 1.73 bits per heavy atom. The maximum atomic E-state index is 10.0. The summed E-state index contributed by atoms with van der Waals surface area (Å²) in [7, 11) is 0. The van der Waals surface area contributed by atoms with Crippen LogP contribution in [0.15, 0.2) is 12.5 Å². The van der Waals surface area contributed by atoms with Gasteiger partial charge in [0.25, 0.3) is 0 Å². The van der Waals surface area contributed by atoms with Crippen LogP contribution in [-0.2, 0) is 11.2 Å². The maximum Gasteiger partial charge on any atom is 0.309 e. The Morgan fingerprint density at radius 2 is 2.36 bits per heavy atom. The standard InChI is InChI=1S/C5H6N2O2.C2H6/c8-5(9)1-4-2-6-3-7-4;1-2/h2-3H,1H2,(H,6,7)(H,8,9);1-2H3. The monoisotopic (exact) mass is 156 g/mol. The van der Waals surface area contributed by atoms with E-state index in [4.69, 9.17) is 5.11 Å². The molecule has 0 aliphatic carbocycles. The van der Waals surface area contributed by atoms with E-state index in [2.05, 4.69) is 9.97 Å². The summed E-state index contributed by atoms with van der Waals surface area (Å²) in [6, 6.07) is 0. The van der Waals surface area contributed by atoms with Crippen LogP contribution in [0, 0.1) is 0 Å². The number of aromatic amines is 1. The van der Waals surface area contributed by atoms with E-state index in [9.17, 15) is 4.79 Å². The van der Waals surface area contributed by atoms with Crippen LogP contribution >= 0.6 is 0 Å². The van der Waals surface area contributed by atoms with Gasteiger partial charge in [0.05, 0.1) is 12.7 Å². The van der Waals surface area contributed by atoms with Crippen molar-refractivity contribution in [3.05, 3.63) is 18.2 Å². The van der Waals surface area contributed by atoms with Crippen LogP contribution in [-0.4, -0.2) is 21.0 Å². The zero-order valence-electron chi connectivity index (χ0n) is 6.66. The summed E-state index contributed by atoms with van der Waals surface area (Å²) in [5.41, 5.74) is 0.627. The van der Waals surface area contributed by atoms with Crippen molar-refractivity contribution in [2.45, 2.75) is 20.3 Å². The first-order valence-electron chi connectivity index (χ1n) is 3.48. The molecule has 0 bridgehead atoms. The number of aliphatic carboxylic acids is 1. The number of rotatable bonds is 2. The van der Waals surface area contributed by atoms with Crippen LogP contribution < -0.4 is 0 Å². The molecule has 0 unspecified atom stereocenters. The molecule has 4 nitrogen and oxygen atoms in total. The fourth-order valence-corrected chi connectivity index (χ4v) is 0.544. The van der Waals surface area contributed by atoms with E-state index in [1.807, 2.05) is 13.8 Å². The highest BCUT2D eigenvalue weighted by Gasteiger charge is 1.98. The van der Waals surface area contributed by atoms with Gasteiger partial charge in [-0.1, -0.05) is 13.8 Å². The summed E-state index contributed by atoms with van der Waals surface area (Å²) < 4.78 is 0. The average molecular weight is 156 g/mol. The number of imidazole rings is 1. The minimum Gasteiger partial charge on any atom is -0.481 e. The number of hydrogen-bond acceptors (Lipinski definition) is 2. The second-order valence-corrected chi connectivity index (χ2v) is 1.65. The van der Waals surface area contributed by atoms with Crippen molar-refractivity contribution < 1.29 is 9.90 Å². The second kappa shape index (κ2) is 5.46.